The van der Waals surface area contributed by atoms with Crippen molar-refractivity contribution in [3.63, 3.8) is 0 Å². The van der Waals surface area contributed by atoms with Gasteiger partial charge in [0.2, 0.25) is 0 Å². The molecule has 102 valence electrons. The summed E-state index contributed by atoms with van der Waals surface area (Å²) in [5.41, 5.74) is 0. The van der Waals surface area contributed by atoms with Crippen LogP contribution < -0.4 is 0 Å². The first kappa shape index (κ1) is 16.3. The topological polar surface area (TPSA) is 83.5 Å². The lowest BCUT2D eigenvalue weighted by atomic mass is 10.2. The van der Waals surface area contributed by atoms with Crippen molar-refractivity contribution in [2.45, 2.75) is 19.1 Å². The van der Waals surface area contributed by atoms with Crippen LogP contribution >= 0.6 is 0 Å². The highest BCUT2D eigenvalue weighted by Crippen LogP contribution is 2.06. The van der Waals surface area contributed by atoms with E-state index in [-0.39, 0.29) is 26.8 Å². The van der Waals surface area contributed by atoms with Crippen LogP contribution in [-0.2, 0) is 28.5 Å². The number of carbonyl (C=O) groups is 1. The van der Waals surface area contributed by atoms with Crippen molar-refractivity contribution in [3.05, 3.63) is 0 Å². The van der Waals surface area contributed by atoms with Crippen molar-refractivity contribution >= 4 is 5.97 Å². The van der Waals surface area contributed by atoms with Gasteiger partial charge < -0.3 is 28.8 Å². The van der Waals surface area contributed by atoms with Crippen LogP contribution in [-0.4, -0.2) is 64.3 Å². The minimum absolute atomic E-state index is 0.0120. The molecule has 0 bridgehead atoms. The number of carbonyl (C=O) groups excluding carboxylic acids is 1. The molecule has 0 aliphatic carbocycles. The van der Waals surface area contributed by atoms with Gasteiger partial charge in [0.25, 0.3) is 0 Å². The van der Waals surface area contributed by atoms with Crippen LogP contribution in [0.1, 0.15) is 6.92 Å². The van der Waals surface area contributed by atoms with Crippen LogP contribution in [0.4, 0.5) is 0 Å². The Balaban J connectivity index is 4.22. The van der Waals surface area contributed by atoms with Crippen LogP contribution in [0.25, 0.3) is 0 Å². The minimum atomic E-state index is -0.649. The summed E-state index contributed by atoms with van der Waals surface area (Å²) in [6, 6.07) is 0. The van der Waals surface area contributed by atoms with E-state index in [4.69, 9.17) is 28.8 Å². The van der Waals surface area contributed by atoms with Gasteiger partial charge in [-0.3, -0.25) is 4.79 Å². The van der Waals surface area contributed by atoms with Gasteiger partial charge in [0.15, 0.2) is 0 Å². The first-order chi connectivity index (χ1) is 8.15. The second-order valence-electron chi connectivity index (χ2n) is 3.21. The lowest BCUT2D eigenvalue weighted by Gasteiger charge is -2.24. The molecule has 0 spiro atoms. The van der Waals surface area contributed by atoms with Crippen molar-refractivity contribution < 1.29 is 33.6 Å². The second kappa shape index (κ2) is 10.4. The van der Waals surface area contributed by atoms with Crippen molar-refractivity contribution in [2.75, 3.05) is 41.0 Å². The average Bonchev–Trinajstić information content (AvgIpc) is 2.31. The van der Waals surface area contributed by atoms with Crippen LogP contribution in [0.3, 0.4) is 0 Å². The Morgan fingerprint density at radius 2 is 1.65 bits per heavy atom. The Kier molecular flexibility index (Phi) is 9.98. The number of aliphatic hydroxyl groups is 1. The van der Waals surface area contributed by atoms with Gasteiger partial charge in [-0.15, -0.1) is 0 Å². The molecule has 0 aliphatic heterocycles. The predicted molar refractivity (Wildman–Crippen MR) is 57.2 cm³/mol. The maximum atomic E-state index is 10.7. The van der Waals surface area contributed by atoms with Gasteiger partial charge in [0, 0.05) is 21.1 Å². The zero-order valence-corrected chi connectivity index (χ0v) is 10.4. The Morgan fingerprint density at radius 3 is 2.06 bits per heavy atom. The summed E-state index contributed by atoms with van der Waals surface area (Å²) in [6.07, 6.45) is -1.26. The standard InChI is InChI=1S/C10H20O7/c1-8(12)15-5-10(17-7-14-3)9(4-11)16-6-13-2/h9-11H,4-7H2,1-3H3/t9-,10-/m0/s1. The highest BCUT2D eigenvalue weighted by atomic mass is 16.7. The van der Waals surface area contributed by atoms with E-state index in [1.54, 1.807) is 0 Å². The smallest absolute Gasteiger partial charge is 0.302 e. The predicted octanol–water partition coefficient (Wildman–Crippen LogP) is -0.480. The molecular formula is C10H20O7. The molecule has 0 aromatic rings. The number of aliphatic hydroxyl groups excluding tert-OH is 1. The van der Waals surface area contributed by atoms with Crippen molar-refractivity contribution in [2.24, 2.45) is 0 Å². The van der Waals surface area contributed by atoms with E-state index in [1.165, 1.54) is 21.1 Å². The second-order valence-corrected chi connectivity index (χ2v) is 3.21. The van der Waals surface area contributed by atoms with E-state index in [2.05, 4.69) is 0 Å². The molecule has 0 unspecified atom stereocenters. The minimum Gasteiger partial charge on any atom is -0.463 e. The van der Waals surface area contributed by atoms with Gasteiger partial charge in [-0.1, -0.05) is 0 Å². The Bertz CT molecular complexity index is 197. The molecule has 2 atom stereocenters. The molecule has 7 nitrogen and oxygen atoms in total. The van der Waals surface area contributed by atoms with Gasteiger partial charge >= 0.3 is 5.97 Å². The van der Waals surface area contributed by atoms with Crippen molar-refractivity contribution in [3.8, 4) is 0 Å². The van der Waals surface area contributed by atoms with E-state index in [1.807, 2.05) is 0 Å². The lowest BCUT2D eigenvalue weighted by Crippen LogP contribution is -2.39. The van der Waals surface area contributed by atoms with Crippen LogP contribution in [0.15, 0.2) is 0 Å². The average molecular weight is 252 g/mol. The number of hydrogen-bond acceptors (Lipinski definition) is 7. The summed E-state index contributed by atoms with van der Waals surface area (Å²) in [4.78, 5) is 10.7. The zero-order chi connectivity index (χ0) is 13.1. The zero-order valence-electron chi connectivity index (χ0n) is 10.4. The quantitative estimate of drug-likeness (QED) is 0.415. The van der Waals surface area contributed by atoms with Crippen molar-refractivity contribution in [1.29, 1.82) is 0 Å². The first-order valence-electron chi connectivity index (χ1n) is 5.11. The molecule has 0 rings (SSSR count). The SMILES string of the molecule is COCO[C@@H](CO)[C@H](COC(C)=O)OCOC. The summed E-state index contributed by atoms with van der Waals surface area (Å²) in [7, 11) is 2.93. The summed E-state index contributed by atoms with van der Waals surface area (Å²) in [5.74, 6) is -0.431. The highest BCUT2D eigenvalue weighted by molar-refractivity contribution is 5.65. The monoisotopic (exact) mass is 252 g/mol. The molecule has 0 amide bonds. The molecule has 0 radical (unpaired) electrons. The molecule has 1 N–H and O–H groups in total. The third-order valence-electron chi connectivity index (χ3n) is 1.85. The summed E-state index contributed by atoms with van der Waals surface area (Å²) in [5, 5.41) is 9.15. The van der Waals surface area contributed by atoms with E-state index >= 15 is 0 Å². The molecule has 0 aliphatic rings. The molecular weight excluding hydrogens is 232 g/mol. The van der Waals surface area contributed by atoms with E-state index in [0.29, 0.717) is 0 Å². The Morgan fingerprint density at radius 1 is 1.12 bits per heavy atom. The van der Waals surface area contributed by atoms with E-state index in [9.17, 15) is 4.79 Å². The number of methoxy groups -OCH3 is 2. The fourth-order valence-corrected chi connectivity index (χ4v) is 1.05. The lowest BCUT2D eigenvalue weighted by molar-refractivity contribution is -0.185. The first-order valence-corrected chi connectivity index (χ1v) is 5.11. The molecule has 7 heteroatoms. The van der Waals surface area contributed by atoms with Gasteiger partial charge in [0.1, 0.15) is 32.4 Å². The van der Waals surface area contributed by atoms with Gasteiger partial charge in [-0.2, -0.15) is 0 Å². The van der Waals surface area contributed by atoms with Crippen LogP contribution in [0.5, 0.6) is 0 Å². The summed E-state index contributed by atoms with van der Waals surface area (Å²) < 4.78 is 24.7. The molecule has 0 aromatic heterocycles. The number of ether oxygens (including phenoxy) is 5. The maximum Gasteiger partial charge on any atom is 0.302 e. The van der Waals surface area contributed by atoms with Crippen LogP contribution in [0, 0.1) is 0 Å². The van der Waals surface area contributed by atoms with E-state index in [0.717, 1.165) is 0 Å². The highest BCUT2D eigenvalue weighted by Gasteiger charge is 2.24. The Hall–Kier alpha value is -0.730. The summed E-state index contributed by atoms with van der Waals surface area (Å²) in [6.45, 7) is 1.01. The third kappa shape index (κ3) is 8.06. The van der Waals surface area contributed by atoms with E-state index < -0.39 is 18.2 Å². The molecule has 0 saturated heterocycles. The van der Waals surface area contributed by atoms with Crippen molar-refractivity contribution in [1.82, 2.24) is 0 Å². The number of hydrogen-bond donors (Lipinski definition) is 1. The fraction of sp³-hybridized carbons (Fsp3) is 0.900. The summed E-state index contributed by atoms with van der Waals surface area (Å²) >= 11 is 0. The van der Waals surface area contributed by atoms with Gasteiger partial charge in [0.05, 0.1) is 6.61 Å². The largest absolute Gasteiger partial charge is 0.463 e. The number of rotatable bonds is 10. The van der Waals surface area contributed by atoms with Crippen LogP contribution in [0.2, 0.25) is 0 Å². The molecule has 0 aromatic carbocycles. The Labute approximate surface area is 101 Å². The molecule has 17 heavy (non-hydrogen) atoms. The number of esters is 1. The maximum absolute atomic E-state index is 10.7. The fourth-order valence-electron chi connectivity index (χ4n) is 1.05. The van der Waals surface area contributed by atoms with Gasteiger partial charge in [-0.25, -0.2) is 0 Å². The third-order valence-corrected chi connectivity index (χ3v) is 1.85. The molecule has 0 fully saturated rings. The molecule has 0 saturated carbocycles. The van der Waals surface area contributed by atoms with Gasteiger partial charge in [-0.05, 0) is 0 Å². The molecule has 0 heterocycles. The normalized spacial score (nSPS) is 14.4.